The second-order valence-corrected chi connectivity index (χ2v) is 2.48. The third kappa shape index (κ3) is 2.87. The molecule has 1 rings (SSSR count). The highest BCUT2D eigenvalue weighted by Gasteiger charge is 2.03. The standard InChI is InChI=1S/C10H9FN2O/c1-2-3-6-12-10(14)8-4-5-9(11)13-7-8/h4-5,7H,6H2,1H3,(H,12,14). The first-order valence-electron chi connectivity index (χ1n) is 4.03. The highest BCUT2D eigenvalue weighted by molar-refractivity contribution is 5.93. The molecule has 0 saturated heterocycles. The molecule has 1 aromatic heterocycles. The smallest absolute Gasteiger partial charge is 0.253 e. The number of amides is 1. The fourth-order valence-corrected chi connectivity index (χ4v) is 0.825. The van der Waals surface area contributed by atoms with Gasteiger partial charge in [-0.15, -0.1) is 5.92 Å². The van der Waals surface area contributed by atoms with E-state index in [1.165, 1.54) is 12.3 Å². The quantitative estimate of drug-likeness (QED) is 0.560. The van der Waals surface area contributed by atoms with Crippen molar-refractivity contribution in [2.45, 2.75) is 6.92 Å². The van der Waals surface area contributed by atoms with Gasteiger partial charge < -0.3 is 5.32 Å². The van der Waals surface area contributed by atoms with Crippen molar-refractivity contribution < 1.29 is 9.18 Å². The van der Waals surface area contributed by atoms with E-state index in [0.29, 0.717) is 5.56 Å². The Morgan fingerprint density at radius 2 is 2.43 bits per heavy atom. The van der Waals surface area contributed by atoms with E-state index in [4.69, 9.17) is 0 Å². The lowest BCUT2D eigenvalue weighted by atomic mass is 10.3. The van der Waals surface area contributed by atoms with E-state index < -0.39 is 5.95 Å². The Morgan fingerprint density at radius 1 is 1.64 bits per heavy atom. The summed E-state index contributed by atoms with van der Waals surface area (Å²) in [5.74, 6) is 4.42. The molecule has 1 amide bonds. The van der Waals surface area contributed by atoms with Gasteiger partial charge in [-0.1, -0.05) is 5.92 Å². The number of carbonyl (C=O) groups is 1. The largest absolute Gasteiger partial charge is 0.341 e. The van der Waals surface area contributed by atoms with Gasteiger partial charge in [0, 0.05) is 6.20 Å². The van der Waals surface area contributed by atoms with Crippen LogP contribution < -0.4 is 5.32 Å². The Kier molecular flexibility index (Phi) is 3.62. The fourth-order valence-electron chi connectivity index (χ4n) is 0.825. The molecule has 4 heteroatoms. The van der Waals surface area contributed by atoms with Gasteiger partial charge in [-0.25, -0.2) is 4.98 Å². The Morgan fingerprint density at radius 3 is 3.00 bits per heavy atom. The van der Waals surface area contributed by atoms with Crippen LogP contribution in [0.1, 0.15) is 17.3 Å². The fraction of sp³-hybridized carbons (Fsp3) is 0.200. The van der Waals surface area contributed by atoms with Crippen molar-refractivity contribution >= 4 is 5.91 Å². The van der Waals surface area contributed by atoms with Crippen LogP contribution in [-0.4, -0.2) is 17.4 Å². The third-order valence-corrected chi connectivity index (χ3v) is 1.50. The summed E-state index contributed by atoms with van der Waals surface area (Å²) in [4.78, 5) is 14.7. The summed E-state index contributed by atoms with van der Waals surface area (Å²) in [6.07, 6.45) is 1.18. The third-order valence-electron chi connectivity index (χ3n) is 1.50. The van der Waals surface area contributed by atoms with Gasteiger partial charge in [0.2, 0.25) is 5.95 Å². The van der Waals surface area contributed by atoms with E-state index >= 15 is 0 Å². The maximum absolute atomic E-state index is 12.4. The number of halogens is 1. The van der Waals surface area contributed by atoms with Crippen molar-refractivity contribution in [2.75, 3.05) is 6.54 Å². The highest BCUT2D eigenvalue weighted by Crippen LogP contribution is 1.98. The molecule has 1 heterocycles. The number of hydrogen-bond donors (Lipinski definition) is 1. The second-order valence-electron chi connectivity index (χ2n) is 2.48. The van der Waals surface area contributed by atoms with Crippen LogP contribution in [0.4, 0.5) is 4.39 Å². The van der Waals surface area contributed by atoms with Crippen LogP contribution in [0.3, 0.4) is 0 Å². The maximum Gasteiger partial charge on any atom is 0.253 e. The first kappa shape index (κ1) is 10.2. The minimum absolute atomic E-state index is 0.284. The van der Waals surface area contributed by atoms with Crippen LogP contribution in [0.25, 0.3) is 0 Å². The normalized spacial score (nSPS) is 8.71. The summed E-state index contributed by atoms with van der Waals surface area (Å²) in [5.41, 5.74) is 0.323. The van der Waals surface area contributed by atoms with Gasteiger partial charge in [-0.3, -0.25) is 4.79 Å². The summed E-state index contributed by atoms with van der Waals surface area (Å²) >= 11 is 0. The molecule has 0 aliphatic rings. The van der Waals surface area contributed by atoms with Gasteiger partial charge in [0.05, 0.1) is 12.1 Å². The van der Waals surface area contributed by atoms with Gasteiger partial charge in [-0.2, -0.15) is 4.39 Å². The number of carbonyl (C=O) groups excluding carboxylic acids is 1. The predicted octanol–water partition coefficient (Wildman–Crippen LogP) is 0.974. The molecule has 0 aliphatic carbocycles. The van der Waals surface area contributed by atoms with E-state index in [1.54, 1.807) is 6.92 Å². The first-order valence-corrected chi connectivity index (χ1v) is 4.03. The van der Waals surface area contributed by atoms with Gasteiger partial charge in [0.1, 0.15) is 0 Å². The molecule has 0 aliphatic heterocycles. The average Bonchev–Trinajstić information content (AvgIpc) is 2.19. The molecular weight excluding hydrogens is 183 g/mol. The lowest BCUT2D eigenvalue weighted by Gasteiger charge is -1.99. The molecule has 0 radical (unpaired) electrons. The lowest BCUT2D eigenvalue weighted by molar-refractivity contribution is 0.0958. The van der Waals surface area contributed by atoms with E-state index in [0.717, 1.165) is 6.07 Å². The molecule has 0 saturated carbocycles. The van der Waals surface area contributed by atoms with Crippen molar-refractivity contribution in [3.63, 3.8) is 0 Å². The molecule has 0 fully saturated rings. The molecule has 1 N–H and O–H groups in total. The van der Waals surface area contributed by atoms with Gasteiger partial charge in [0.15, 0.2) is 0 Å². The van der Waals surface area contributed by atoms with Crippen LogP contribution in [0.2, 0.25) is 0 Å². The lowest BCUT2D eigenvalue weighted by Crippen LogP contribution is -2.23. The number of pyridine rings is 1. The van der Waals surface area contributed by atoms with Crippen molar-refractivity contribution in [1.82, 2.24) is 10.3 Å². The summed E-state index contributed by atoms with van der Waals surface area (Å²) in [6, 6.07) is 2.51. The Labute approximate surface area is 81.4 Å². The molecular formula is C10H9FN2O. The molecule has 0 unspecified atom stereocenters. The van der Waals surface area contributed by atoms with Crippen LogP contribution in [0, 0.1) is 17.8 Å². The number of nitrogens with zero attached hydrogens (tertiary/aromatic N) is 1. The topological polar surface area (TPSA) is 42.0 Å². The number of rotatable bonds is 2. The van der Waals surface area contributed by atoms with Crippen molar-refractivity contribution in [1.29, 1.82) is 0 Å². The summed E-state index contributed by atoms with van der Waals surface area (Å²) in [5, 5.41) is 2.54. The van der Waals surface area contributed by atoms with Crippen LogP contribution in [-0.2, 0) is 0 Å². The summed E-state index contributed by atoms with van der Waals surface area (Å²) < 4.78 is 12.4. The van der Waals surface area contributed by atoms with Crippen molar-refractivity contribution in [3.8, 4) is 11.8 Å². The Hall–Kier alpha value is -1.89. The Bertz CT molecular complexity index is 375. The van der Waals surface area contributed by atoms with Crippen LogP contribution in [0.15, 0.2) is 18.3 Å². The molecule has 3 nitrogen and oxygen atoms in total. The SMILES string of the molecule is CC#CCNC(=O)c1ccc(F)nc1. The predicted molar refractivity (Wildman–Crippen MR) is 50.0 cm³/mol. The summed E-state index contributed by atoms with van der Waals surface area (Å²) in [6.45, 7) is 1.97. The zero-order valence-corrected chi connectivity index (χ0v) is 7.67. The molecule has 0 spiro atoms. The van der Waals surface area contributed by atoms with E-state index in [9.17, 15) is 9.18 Å². The first-order chi connectivity index (χ1) is 6.74. The van der Waals surface area contributed by atoms with E-state index in [-0.39, 0.29) is 12.5 Å². The highest BCUT2D eigenvalue weighted by atomic mass is 19.1. The number of hydrogen-bond acceptors (Lipinski definition) is 2. The number of nitrogens with one attached hydrogen (secondary N) is 1. The second kappa shape index (κ2) is 4.97. The van der Waals surface area contributed by atoms with Crippen molar-refractivity contribution in [3.05, 3.63) is 29.8 Å². The minimum Gasteiger partial charge on any atom is -0.341 e. The molecule has 0 aromatic carbocycles. The van der Waals surface area contributed by atoms with Gasteiger partial charge in [0.25, 0.3) is 5.91 Å². The van der Waals surface area contributed by atoms with Crippen molar-refractivity contribution in [2.24, 2.45) is 0 Å². The van der Waals surface area contributed by atoms with Gasteiger partial charge >= 0.3 is 0 Å². The monoisotopic (exact) mass is 192 g/mol. The number of aromatic nitrogens is 1. The molecule has 72 valence electrons. The van der Waals surface area contributed by atoms with Crippen LogP contribution >= 0.6 is 0 Å². The van der Waals surface area contributed by atoms with Gasteiger partial charge in [-0.05, 0) is 19.1 Å². The molecule has 1 aromatic rings. The Balaban J connectivity index is 2.59. The molecule has 0 atom stereocenters. The molecule has 14 heavy (non-hydrogen) atoms. The zero-order chi connectivity index (χ0) is 10.4. The van der Waals surface area contributed by atoms with E-state index in [2.05, 4.69) is 22.1 Å². The average molecular weight is 192 g/mol. The molecule has 0 bridgehead atoms. The maximum atomic E-state index is 12.4. The minimum atomic E-state index is -0.602. The van der Waals surface area contributed by atoms with Crippen LogP contribution in [0.5, 0.6) is 0 Å². The summed E-state index contributed by atoms with van der Waals surface area (Å²) in [7, 11) is 0. The zero-order valence-electron chi connectivity index (χ0n) is 7.67. The van der Waals surface area contributed by atoms with E-state index in [1.807, 2.05) is 0 Å².